The van der Waals surface area contributed by atoms with E-state index < -0.39 is 59.8 Å². The predicted octanol–water partition coefficient (Wildman–Crippen LogP) is 4.50. The second-order valence-corrected chi connectivity index (χ2v) is 12.1. The summed E-state index contributed by atoms with van der Waals surface area (Å²) < 4.78 is 57.8. The van der Waals surface area contributed by atoms with Crippen LogP contribution in [0.5, 0.6) is 0 Å². The number of aliphatic hydroxyl groups is 3. The maximum absolute atomic E-state index is 12.1. The van der Waals surface area contributed by atoms with Crippen LogP contribution in [0.2, 0.25) is 0 Å². The Morgan fingerprint density at radius 2 is 1.46 bits per heavy atom. The van der Waals surface area contributed by atoms with Crippen LogP contribution in [0.25, 0.3) is 0 Å². The van der Waals surface area contributed by atoms with Crippen molar-refractivity contribution in [1.29, 1.82) is 0 Å². The Hall–Kier alpha value is -1.94. The van der Waals surface area contributed by atoms with E-state index in [1.54, 1.807) is 0 Å². The molecule has 0 radical (unpaired) electrons. The number of ether oxygens (including phenoxy) is 4. The Labute approximate surface area is 275 Å². The van der Waals surface area contributed by atoms with Crippen LogP contribution in [0.15, 0.2) is 48.6 Å². The van der Waals surface area contributed by atoms with Gasteiger partial charge in [0.1, 0.15) is 30.5 Å². The molecule has 6 atom stereocenters. The van der Waals surface area contributed by atoms with Crippen molar-refractivity contribution >= 4 is 16.4 Å². The average molecular weight is 677 g/mol. The van der Waals surface area contributed by atoms with Crippen LogP contribution >= 0.6 is 0 Å². The monoisotopic (exact) mass is 676 g/mol. The molecule has 0 aliphatic carbocycles. The van der Waals surface area contributed by atoms with Gasteiger partial charge in [0.2, 0.25) is 0 Å². The lowest BCUT2D eigenvalue weighted by molar-refractivity contribution is -0.301. The molecule has 0 saturated carbocycles. The minimum atomic E-state index is -5.04. The number of hydrogen-bond donors (Lipinski definition) is 4. The molecular formula is C33H56O12S. The lowest BCUT2D eigenvalue weighted by Crippen LogP contribution is -2.60. The smallest absolute Gasteiger partial charge is 0.397 e. The molecule has 1 heterocycles. The fraction of sp³-hybridized carbons (Fsp3) is 0.727. The maximum atomic E-state index is 12.1. The standard InChI is InChI=1S/C33H56O12S/c1-3-5-6-7-8-9-10-11-12-13-14-15-16-17-18-19-20-21-23-41-25-27(43-29(35)22-4-2)26-42-33-31(37)32(45-46(38,39)40)30(36)28(24-34)44-33/h5-6,8-9,11-12,14-15,27-28,30-34,36-37H,3-4,7,10,13,16-26H2,1-2H3,(H,38,39,40)/b6-5-,9-8-,12-11-,15-14-. The first-order valence-corrected chi connectivity index (χ1v) is 17.8. The van der Waals surface area contributed by atoms with Gasteiger partial charge < -0.3 is 34.3 Å². The summed E-state index contributed by atoms with van der Waals surface area (Å²) in [6.45, 7) is 3.38. The van der Waals surface area contributed by atoms with E-state index >= 15 is 0 Å². The van der Waals surface area contributed by atoms with E-state index in [2.05, 4.69) is 59.7 Å². The van der Waals surface area contributed by atoms with Gasteiger partial charge in [0.25, 0.3) is 0 Å². The zero-order valence-electron chi connectivity index (χ0n) is 27.4. The van der Waals surface area contributed by atoms with Crippen molar-refractivity contribution in [3.63, 3.8) is 0 Å². The van der Waals surface area contributed by atoms with Crippen molar-refractivity contribution in [1.82, 2.24) is 0 Å². The largest absolute Gasteiger partial charge is 0.457 e. The van der Waals surface area contributed by atoms with Crippen LogP contribution in [0.4, 0.5) is 0 Å². The minimum absolute atomic E-state index is 0.0150. The van der Waals surface area contributed by atoms with Gasteiger partial charge in [-0.15, -0.1) is 0 Å². The zero-order chi connectivity index (χ0) is 34.0. The summed E-state index contributed by atoms with van der Waals surface area (Å²) in [6.07, 6.45) is 19.2. The number of allylic oxidation sites excluding steroid dienone is 8. The molecule has 0 aromatic carbocycles. The van der Waals surface area contributed by atoms with E-state index in [0.717, 1.165) is 64.2 Å². The molecule has 1 fully saturated rings. The van der Waals surface area contributed by atoms with Crippen LogP contribution in [-0.2, 0) is 38.3 Å². The van der Waals surface area contributed by atoms with Crippen molar-refractivity contribution in [3.8, 4) is 0 Å². The Bertz CT molecular complexity index is 1010. The molecule has 0 amide bonds. The SMILES string of the molecule is CC/C=C\C/C=C\C/C=C\C/C=C\CCCCCCCOCC(COC1OC(CO)C(O)C(OS(=O)(=O)O)C1O)OC(=O)CCC. The number of carbonyl (C=O) groups excluding carboxylic acids is 1. The quantitative estimate of drug-likeness (QED) is 0.0437. The normalized spacial score (nSPS) is 23.3. The van der Waals surface area contributed by atoms with Crippen LogP contribution in [0.1, 0.15) is 90.9 Å². The molecule has 1 saturated heterocycles. The van der Waals surface area contributed by atoms with Gasteiger partial charge in [-0.1, -0.05) is 81.7 Å². The summed E-state index contributed by atoms with van der Waals surface area (Å²) >= 11 is 0. The predicted molar refractivity (Wildman–Crippen MR) is 174 cm³/mol. The van der Waals surface area contributed by atoms with E-state index in [1.807, 2.05) is 6.92 Å². The third-order valence-electron chi connectivity index (χ3n) is 6.94. The van der Waals surface area contributed by atoms with Gasteiger partial charge in [0.15, 0.2) is 6.29 Å². The molecule has 4 N–H and O–H groups in total. The summed E-state index contributed by atoms with van der Waals surface area (Å²) in [6, 6.07) is 0. The molecule has 1 rings (SSSR count). The van der Waals surface area contributed by atoms with E-state index in [4.69, 9.17) is 23.5 Å². The average Bonchev–Trinajstić information content (AvgIpc) is 3.01. The van der Waals surface area contributed by atoms with E-state index in [1.165, 1.54) is 0 Å². The fourth-order valence-corrected chi connectivity index (χ4v) is 5.03. The van der Waals surface area contributed by atoms with Gasteiger partial charge in [-0.3, -0.25) is 9.35 Å². The lowest BCUT2D eigenvalue weighted by atomic mass is 9.99. The van der Waals surface area contributed by atoms with Crippen molar-refractivity contribution in [3.05, 3.63) is 48.6 Å². The molecule has 0 aromatic heterocycles. The highest BCUT2D eigenvalue weighted by molar-refractivity contribution is 7.80. The van der Waals surface area contributed by atoms with Crippen molar-refractivity contribution in [2.75, 3.05) is 26.4 Å². The highest BCUT2D eigenvalue weighted by atomic mass is 32.3. The number of aliphatic hydroxyl groups excluding tert-OH is 3. The Morgan fingerprint density at radius 3 is 2.07 bits per heavy atom. The molecule has 46 heavy (non-hydrogen) atoms. The molecule has 1 aliphatic rings. The summed E-state index contributed by atoms with van der Waals surface area (Å²) in [5.74, 6) is -0.464. The molecule has 12 nitrogen and oxygen atoms in total. The van der Waals surface area contributed by atoms with Crippen molar-refractivity contribution < 1.29 is 56.2 Å². The van der Waals surface area contributed by atoms with Crippen LogP contribution in [0, 0.1) is 0 Å². The third-order valence-corrected chi connectivity index (χ3v) is 7.40. The van der Waals surface area contributed by atoms with Gasteiger partial charge in [-0.2, -0.15) is 8.42 Å². The maximum Gasteiger partial charge on any atom is 0.397 e. The number of rotatable bonds is 26. The number of carbonyl (C=O) groups is 1. The molecule has 266 valence electrons. The first-order chi connectivity index (χ1) is 22.1. The highest BCUT2D eigenvalue weighted by Crippen LogP contribution is 2.25. The summed E-state index contributed by atoms with van der Waals surface area (Å²) in [5, 5.41) is 30.1. The van der Waals surface area contributed by atoms with Crippen molar-refractivity contribution in [2.24, 2.45) is 0 Å². The highest BCUT2D eigenvalue weighted by Gasteiger charge is 2.48. The van der Waals surface area contributed by atoms with Gasteiger partial charge in [0, 0.05) is 13.0 Å². The number of unbranched alkanes of at least 4 members (excludes halogenated alkanes) is 5. The van der Waals surface area contributed by atoms with Crippen LogP contribution < -0.4 is 0 Å². The Morgan fingerprint density at radius 1 is 0.848 bits per heavy atom. The molecule has 0 bridgehead atoms. The van der Waals surface area contributed by atoms with E-state index in [0.29, 0.717) is 13.0 Å². The molecular weight excluding hydrogens is 620 g/mol. The summed E-state index contributed by atoms with van der Waals surface area (Å²) in [4.78, 5) is 12.1. The van der Waals surface area contributed by atoms with Crippen LogP contribution in [0.3, 0.4) is 0 Å². The molecule has 13 heteroatoms. The van der Waals surface area contributed by atoms with Crippen molar-refractivity contribution in [2.45, 2.75) is 128 Å². The fourth-order valence-electron chi connectivity index (χ4n) is 4.52. The Balaban J connectivity index is 2.33. The van der Waals surface area contributed by atoms with Gasteiger partial charge in [-0.05, 0) is 51.4 Å². The summed E-state index contributed by atoms with van der Waals surface area (Å²) in [7, 11) is -5.04. The van der Waals surface area contributed by atoms with Crippen LogP contribution in [-0.4, -0.2) is 97.5 Å². The molecule has 0 spiro atoms. The summed E-state index contributed by atoms with van der Waals surface area (Å²) in [5.41, 5.74) is 0. The molecule has 0 aromatic rings. The second-order valence-electron chi connectivity index (χ2n) is 11.0. The third kappa shape index (κ3) is 20.3. The molecule has 1 aliphatic heterocycles. The molecule has 6 unspecified atom stereocenters. The van der Waals surface area contributed by atoms with Gasteiger partial charge in [-0.25, -0.2) is 4.18 Å². The topological polar surface area (TPSA) is 178 Å². The van der Waals surface area contributed by atoms with Gasteiger partial charge in [0.05, 0.1) is 19.8 Å². The second kappa shape index (κ2) is 26.1. The van der Waals surface area contributed by atoms with Gasteiger partial charge >= 0.3 is 16.4 Å². The minimum Gasteiger partial charge on any atom is -0.457 e. The number of hydrogen-bond acceptors (Lipinski definition) is 11. The Kier molecular flexibility index (Phi) is 23.8. The first kappa shape index (κ1) is 42.1. The lowest BCUT2D eigenvalue weighted by Gasteiger charge is -2.41. The number of esters is 1. The first-order valence-electron chi connectivity index (χ1n) is 16.4. The zero-order valence-corrected chi connectivity index (χ0v) is 28.2. The van der Waals surface area contributed by atoms with E-state index in [9.17, 15) is 28.5 Å². The van der Waals surface area contributed by atoms with E-state index in [-0.39, 0.29) is 19.6 Å².